The molecule has 0 saturated heterocycles. The molecule has 0 heterocycles. The van der Waals surface area contributed by atoms with Crippen molar-refractivity contribution in [3.8, 4) is 0 Å². The van der Waals surface area contributed by atoms with Crippen molar-refractivity contribution >= 4 is 27.9 Å². The highest BCUT2D eigenvalue weighted by Gasteiger charge is 2.17. The molecule has 5 nitrogen and oxygen atoms in total. The van der Waals surface area contributed by atoms with Gasteiger partial charge in [-0.05, 0) is 23.8 Å². The number of rotatable bonds is 6. The lowest BCUT2D eigenvalue weighted by Crippen LogP contribution is -2.35. The summed E-state index contributed by atoms with van der Waals surface area (Å²) in [5.41, 5.74) is 0.623. The normalized spacial score (nSPS) is 10.4. The molecule has 0 spiro atoms. The lowest BCUT2D eigenvalue weighted by atomic mass is 10.2. The molecule has 0 aliphatic rings. The summed E-state index contributed by atoms with van der Waals surface area (Å²) in [6, 6.07) is 4.23. The molecule has 110 valence electrons. The molecule has 20 heavy (non-hydrogen) atoms. The Morgan fingerprint density at radius 2 is 1.75 bits per heavy atom. The third-order valence-electron chi connectivity index (χ3n) is 2.56. The predicted molar refractivity (Wildman–Crippen MR) is 73.4 cm³/mol. The van der Waals surface area contributed by atoms with Gasteiger partial charge in [0.15, 0.2) is 0 Å². The Kier molecular flexibility index (Phi) is 6.60. The molecule has 0 N–H and O–H groups in total. The van der Waals surface area contributed by atoms with Crippen molar-refractivity contribution in [1.29, 1.82) is 0 Å². The van der Waals surface area contributed by atoms with Gasteiger partial charge in [-0.1, -0.05) is 15.9 Å². The van der Waals surface area contributed by atoms with Crippen LogP contribution in [-0.2, 0) is 25.6 Å². The van der Waals surface area contributed by atoms with E-state index in [1.807, 2.05) is 0 Å². The van der Waals surface area contributed by atoms with Crippen LogP contribution in [0.15, 0.2) is 22.7 Å². The van der Waals surface area contributed by atoms with Gasteiger partial charge in [-0.25, -0.2) is 4.39 Å². The van der Waals surface area contributed by atoms with Crippen LogP contribution in [0.1, 0.15) is 5.56 Å². The van der Waals surface area contributed by atoms with Crippen LogP contribution in [-0.4, -0.2) is 44.1 Å². The third kappa shape index (κ3) is 5.26. The first-order valence-corrected chi connectivity index (χ1v) is 6.55. The smallest absolute Gasteiger partial charge is 0.319 e. The van der Waals surface area contributed by atoms with Crippen molar-refractivity contribution in [3.05, 3.63) is 34.1 Å². The fraction of sp³-hybridized carbons (Fsp3) is 0.385. The summed E-state index contributed by atoms with van der Waals surface area (Å²) in [7, 11) is 2.52. The van der Waals surface area contributed by atoms with E-state index in [0.717, 1.165) is 0 Å². The summed E-state index contributed by atoms with van der Waals surface area (Å²) < 4.78 is 23.1. The predicted octanol–water partition coefficient (Wildman–Crippen LogP) is 1.74. The summed E-state index contributed by atoms with van der Waals surface area (Å²) >= 11 is 3.30. The first kappa shape index (κ1) is 16.6. The van der Waals surface area contributed by atoms with Gasteiger partial charge in [-0.15, -0.1) is 0 Å². The van der Waals surface area contributed by atoms with Gasteiger partial charge < -0.3 is 9.47 Å². The second kappa shape index (κ2) is 7.96. The van der Waals surface area contributed by atoms with E-state index in [1.54, 1.807) is 6.07 Å². The minimum absolute atomic E-state index is 0.0887. The van der Waals surface area contributed by atoms with Crippen LogP contribution < -0.4 is 0 Å². The van der Waals surface area contributed by atoms with Gasteiger partial charge in [-0.2, -0.15) is 0 Å². The fourth-order valence-corrected chi connectivity index (χ4v) is 1.94. The van der Waals surface area contributed by atoms with Crippen LogP contribution in [0.3, 0.4) is 0 Å². The zero-order valence-electron chi connectivity index (χ0n) is 11.2. The maximum atomic E-state index is 13.2. The lowest BCUT2D eigenvalue weighted by Gasteiger charge is -2.20. The number of halogens is 2. The van der Waals surface area contributed by atoms with Gasteiger partial charge in [0.1, 0.15) is 5.82 Å². The Hall–Kier alpha value is -1.47. The van der Waals surface area contributed by atoms with Crippen molar-refractivity contribution in [2.45, 2.75) is 6.54 Å². The molecule has 1 aromatic carbocycles. The molecule has 0 bridgehead atoms. The van der Waals surface area contributed by atoms with Gasteiger partial charge in [0.2, 0.25) is 0 Å². The van der Waals surface area contributed by atoms with E-state index in [0.29, 0.717) is 10.0 Å². The standard InChI is InChI=1S/C13H15BrFNO4/c1-19-12(17)7-16(8-13(18)20-2)6-9-5-10(15)3-4-11(9)14/h3-5H,6-8H2,1-2H3. The minimum Gasteiger partial charge on any atom is -0.468 e. The Labute approximate surface area is 124 Å². The van der Waals surface area contributed by atoms with Crippen LogP contribution >= 0.6 is 15.9 Å². The average molecular weight is 348 g/mol. The van der Waals surface area contributed by atoms with Crippen molar-refractivity contribution in [2.75, 3.05) is 27.3 Å². The molecule has 0 saturated carbocycles. The van der Waals surface area contributed by atoms with Gasteiger partial charge in [0.05, 0.1) is 27.3 Å². The summed E-state index contributed by atoms with van der Waals surface area (Å²) in [5, 5.41) is 0. The van der Waals surface area contributed by atoms with Crippen molar-refractivity contribution < 1.29 is 23.5 Å². The number of hydrogen-bond acceptors (Lipinski definition) is 5. The Morgan fingerprint density at radius 1 is 1.20 bits per heavy atom. The van der Waals surface area contributed by atoms with Gasteiger partial charge in [-0.3, -0.25) is 14.5 Å². The Bertz CT molecular complexity index is 477. The van der Waals surface area contributed by atoms with E-state index in [1.165, 1.54) is 31.3 Å². The van der Waals surface area contributed by atoms with E-state index < -0.39 is 11.9 Å². The topological polar surface area (TPSA) is 55.8 Å². The Morgan fingerprint density at radius 3 is 2.25 bits per heavy atom. The van der Waals surface area contributed by atoms with Crippen molar-refractivity contribution in [2.24, 2.45) is 0 Å². The molecule has 0 atom stereocenters. The van der Waals surface area contributed by atoms with Gasteiger partial charge in [0.25, 0.3) is 0 Å². The highest BCUT2D eigenvalue weighted by molar-refractivity contribution is 9.10. The zero-order chi connectivity index (χ0) is 15.1. The maximum Gasteiger partial charge on any atom is 0.319 e. The average Bonchev–Trinajstić information content (AvgIpc) is 2.42. The molecular formula is C13H15BrFNO4. The maximum absolute atomic E-state index is 13.2. The van der Waals surface area contributed by atoms with Crippen LogP contribution in [0.4, 0.5) is 4.39 Å². The first-order chi connectivity index (χ1) is 9.46. The molecule has 0 aliphatic heterocycles. The number of ether oxygens (including phenoxy) is 2. The molecule has 0 aliphatic carbocycles. The molecule has 0 aromatic heterocycles. The van der Waals surface area contributed by atoms with E-state index in [9.17, 15) is 14.0 Å². The molecule has 0 unspecified atom stereocenters. The Balaban J connectivity index is 2.84. The van der Waals surface area contributed by atoms with Crippen LogP contribution in [0.2, 0.25) is 0 Å². The number of nitrogens with zero attached hydrogens (tertiary/aromatic N) is 1. The summed E-state index contributed by atoms with van der Waals surface area (Å²) in [6.45, 7) is 0.0334. The number of benzene rings is 1. The minimum atomic E-state index is -0.485. The van der Waals surface area contributed by atoms with Crippen molar-refractivity contribution in [3.63, 3.8) is 0 Å². The second-order valence-corrected chi connectivity index (χ2v) is 4.89. The van der Waals surface area contributed by atoms with Crippen molar-refractivity contribution in [1.82, 2.24) is 4.90 Å². The second-order valence-electron chi connectivity index (χ2n) is 4.03. The number of carbonyl (C=O) groups is 2. The summed E-state index contributed by atoms with van der Waals surface area (Å²) in [5.74, 6) is -1.36. The van der Waals surface area contributed by atoms with Gasteiger partial charge >= 0.3 is 11.9 Å². The molecule has 0 amide bonds. The van der Waals surface area contributed by atoms with E-state index >= 15 is 0 Å². The number of esters is 2. The summed E-state index contributed by atoms with van der Waals surface area (Å²) in [6.07, 6.45) is 0. The molecular weight excluding hydrogens is 333 g/mol. The lowest BCUT2D eigenvalue weighted by molar-refractivity contribution is -0.145. The van der Waals surface area contributed by atoms with E-state index in [2.05, 4.69) is 25.4 Å². The van der Waals surface area contributed by atoms with Crippen LogP contribution in [0, 0.1) is 5.82 Å². The highest BCUT2D eigenvalue weighted by Crippen LogP contribution is 2.19. The van der Waals surface area contributed by atoms with Gasteiger partial charge in [0, 0.05) is 11.0 Å². The fourth-order valence-electron chi connectivity index (χ4n) is 1.57. The summed E-state index contributed by atoms with van der Waals surface area (Å²) in [4.78, 5) is 24.2. The number of methoxy groups -OCH3 is 2. The van der Waals surface area contributed by atoms with Crippen LogP contribution in [0.5, 0.6) is 0 Å². The quantitative estimate of drug-likeness (QED) is 0.733. The molecule has 0 fully saturated rings. The third-order valence-corrected chi connectivity index (χ3v) is 3.34. The molecule has 1 aromatic rings. The SMILES string of the molecule is COC(=O)CN(CC(=O)OC)Cc1cc(F)ccc1Br. The monoisotopic (exact) mass is 347 g/mol. The van der Waals surface area contributed by atoms with Crippen LogP contribution in [0.25, 0.3) is 0 Å². The number of carbonyl (C=O) groups excluding carboxylic acids is 2. The van der Waals surface area contributed by atoms with E-state index in [-0.39, 0.29) is 25.5 Å². The number of hydrogen-bond donors (Lipinski definition) is 0. The molecule has 7 heteroatoms. The highest BCUT2D eigenvalue weighted by atomic mass is 79.9. The first-order valence-electron chi connectivity index (χ1n) is 5.76. The largest absolute Gasteiger partial charge is 0.468 e. The zero-order valence-corrected chi connectivity index (χ0v) is 12.8. The molecule has 1 rings (SSSR count). The van der Waals surface area contributed by atoms with E-state index in [4.69, 9.17) is 0 Å². The molecule has 0 radical (unpaired) electrons.